The van der Waals surface area contributed by atoms with E-state index in [2.05, 4.69) is 15.3 Å². The van der Waals surface area contributed by atoms with Gasteiger partial charge in [-0.15, -0.1) is 0 Å². The van der Waals surface area contributed by atoms with Crippen LogP contribution in [0.25, 0.3) is 16.6 Å². The van der Waals surface area contributed by atoms with Crippen LogP contribution in [0.15, 0.2) is 70.7 Å². The molecule has 0 aliphatic carbocycles. The van der Waals surface area contributed by atoms with Crippen LogP contribution < -0.4 is 10.9 Å². The summed E-state index contributed by atoms with van der Waals surface area (Å²) in [7, 11) is 1.80. The molecule has 152 valence electrons. The molecule has 1 N–H and O–H groups in total. The molecular formula is C22H21N5O2S. The summed E-state index contributed by atoms with van der Waals surface area (Å²) in [5.74, 6) is -0.256. The van der Waals surface area contributed by atoms with E-state index < -0.39 is 5.25 Å². The minimum Gasteiger partial charge on any atom is -0.319 e. The molecule has 0 unspecified atom stereocenters. The van der Waals surface area contributed by atoms with Crippen molar-refractivity contribution < 1.29 is 4.79 Å². The lowest BCUT2D eigenvalue weighted by molar-refractivity contribution is -0.115. The standard InChI is InChI=1S/C22H21N5O2S/c1-14-19(22(29)27(26(14)3)16-9-5-4-6-10-16)25-20(28)15(2)30-21-17-11-7-8-12-18(17)23-13-24-21/h4-13,15H,1-3H3,(H,25,28)/t15-/m1/s1. The third-order valence-electron chi connectivity index (χ3n) is 4.97. The van der Waals surface area contributed by atoms with Crippen molar-refractivity contribution in [1.82, 2.24) is 19.3 Å². The van der Waals surface area contributed by atoms with E-state index in [-0.39, 0.29) is 17.2 Å². The summed E-state index contributed by atoms with van der Waals surface area (Å²) in [5.41, 5.74) is 2.27. The van der Waals surface area contributed by atoms with E-state index in [1.54, 1.807) is 23.3 Å². The van der Waals surface area contributed by atoms with Gasteiger partial charge in [0.25, 0.3) is 5.56 Å². The summed E-state index contributed by atoms with van der Waals surface area (Å²) in [5, 5.41) is 4.00. The first kappa shape index (κ1) is 19.9. The molecule has 7 nitrogen and oxygen atoms in total. The monoisotopic (exact) mass is 419 g/mol. The first-order valence-corrected chi connectivity index (χ1v) is 10.4. The number of aromatic nitrogens is 4. The molecule has 2 heterocycles. The Labute approximate surface area is 177 Å². The Bertz CT molecular complexity index is 1270. The molecule has 0 aliphatic rings. The second-order valence-electron chi connectivity index (χ2n) is 6.88. The second kappa shape index (κ2) is 8.16. The lowest BCUT2D eigenvalue weighted by Gasteiger charge is -2.12. The average Bonchev–Trinajstić information content (AvgIpc) is 2.97. The van der Waals surface area contributed by atoms with Crippen molar-refractivity contribution >= 4 is 34.3 Å². The fourth-order valence-corrected chi connectivity index (χ4v) is 4.14. The van der Waals surface area contributed by atoms with Gasteiger partial charge in [-0.3, -0.25) is 14.3 Å². The number of rotatable bonds is 5. The first-order chi connectivity index (χ1) is 14.5. The molecule has 30 heavy (non-hydrogen) atoms. The van der Waals surface area contributed by atoms with E-state index in [0.29, 0.717) is 5.69 Å². The van der Waals surface area contributed by atoms with Gasteiger partial charge in [-0.25, -0.2) is 14.6 Å². The predicted molar refractivity (Wildman–Crippen MR) is 119 cm³/mol. The molecule has 1 amide bonds. The van der Waals surface area contributed by atoms with Gasteiger partial charge in [0.1, 0.15) is 17.0 Å². The van der Waals surface area contributed by atoms with E-state index in [9.17, 15) is 9.59 Å². The summed E-state index contributed by atoms with van der Waals surface area (Å²) >= 11 is 1.34. The molecule has 0 spiro atoms. The Balaban J connectivity index is 1.59. The van der Waals surface area contributed by atoms with Gasteiger partial charge in [-0.05, 0) is 32.0 Å². The van der Waals surface area contributed by atoms with Crippen molar-refractivity contribution in [1.29, 1.82) is 0 Å². The minimum absolute atomic E-state index is 0.256. The Kier molecular flexibility index (Phi) is 5.41. The molecule has 0 saturated carbocycles. The number of fused-ring (bicyclic) bond motifs is 1. The van der Waals surface area contributed by atoms with Crippen LogP contribution in [0.4, 0.5) is 5.69 Å². The first-order valence-electron chi connectivity index (χ1n) is 9.48. The van der Waals surface area contributed by atoms with Crippen LogP contribution in [0.2, 0.25) is 0 Å². The van der Waals surface area contributed by atoms with E-state index in [0.717, 1.165) is 21.6 Å². The van der Waals surface area contributed by atoms with Crippen molar-refractivity contribution in [3.8, 4) is 5.69 Å². The van der Waals surface area contributed by atoms with Gasteiger partial charge in [0.05, 0.1) is 22.1 Å². The number of amides is 1. The topological polar surface area (TPSA) is 81.8 Å². The second-order valence-corrected chi connectivity index (χ2v) is 8.21. The van der Waals surface area contributed by atoms with Crippen molar-refractivity contribution in [2.75, 3.05) is 5.32 Å². The van der Waals surface area contributed by atoms with Gasteiger partial charge in [0, 0.05) is 12.4 Å². The number of nitrogens with one attached hydrogen (secondary N) is 1. The van der Waals surface area contributed by atoms with Gasteiger partial charge in [0.2, 0.25) is 5.91 Å². The zero-order valence-corrected chi connectivity index (χ0v) is 17.7. The molecule has 4 aromatic rings. The van der Waals surface area contributed by atoms with Gasteiger partial charge in [-0.2, -0.15) is 0 Å². The van der Waals surface area contributed by atoms with Crippen LogP contribution in [0.5, 0.6) is 0 Å². The highest BCUT2D eigenvalue weighted by Crippen LogP contribution is 2.28. The number of thioether (sulfide) groups is 1. The summed E-state index contributed by atoms with van der Waals surface area (Å²) in [6.07, 6.45) is 1.50. The molecule has 0 saturated heterocycles. The molecule has 1 atom stereocenters. The summed E-state index contributed by atoms with van der Waals surface area (Å²) in [4.78, 5) is 34.5. The smallest absolute Gasteiger partial charge is 0.295 e. The molecule has 0 radical (unpaired) electrons. The van der Waals surface area contributed by atoms with Crippen molar-refractivity contribution in [2.45, 2.75) is 24.1 Å². The highest BCUT2D eigenvalue weighted by atomic mass is 32.2. The van der Waals surface area contributed by atoms with Crippen LogP contribution >= 0.6 is 11.8 Å². The van der Waals surface area contributed by atoms with E-state index in [4.69, 9.17) is 0 Å². The fraction of sp³-hybridized carbons (Fsp3) is 0.182. The number of benzene rings is 2. The third kappa shape index (κ3) is 3.61. The quantitative estimate of drug-likeness (QED) is 0.395. The number of hydrogen-bond acceptors (Lipinski definition) is 5. The van der Waals surface area contributed by atoms with E-state index in [1.165, 1.54) is 18.1 Å². The van der Waals surface area contributed by atoms with Crippen LogP contribution in [0.3, 0.4) is 0 Å². The molecule has 8 heteroatoms. The molecular weight excluding hydrogens is 398 g/mol. The van der Waals surface area contributed by atoms with Crippen molar-refractivity contribution in [2.24, 2.45) is 7.05 Å². The summed E-state index contributed by atoms with van der Waals surface area (Å²) in [6.45, 7) is 3.61. The zero-order chi connectivity index (χ0) is 21.3. The summed E-state index contributed by atoms with van der Waals surface area (Å²) < 4.78 is 3.28. The Morgan fingerprint density at radius 1 is 1.07 bits per heavy atom. The van der Waals surface area contributed by atoms with Gasteiger partial charge >= 0.3 is 0 Å². The van der Waals surface area contributed by atoms with E-state index in [1.807, 2.05) is 61.5 Å². The molecule has 0 fully saturated rings. The van der Waals surface area contributed by atoms with Gasteiger partial charge < -0.3 is 5.32 Å². The lowest BCUT2D eigenvalue weighted by atomic mass is 10.2. The Morgan fingerprint density at radius 3 is 2.53 bits per heavy atom. The number of hydrogen-bond donors (Lipinski definition) is 1. The van der Waals surface area contributed by atoms with Crippen LogP contribution in [-0.4, -0.2) is 30.5 Å². The molecule has 4 rings (SSSR count). The molecule has 2 aromatic carbocycles. The lowest BCUT2D eigenvalue weighted by Crippen LogP contribution is -2.27. The van der Waals surface area contributed by atoms with E-state index >= 15 is 0 Å². The Morgan fingerprint density at radius 2 is 1.77 bits per heavy atom. The zero-order valence-electron chi connectivity index (χ0n) is 16.9. The number of nitrogens with zero attached hydrogens (tertiary/aromatic N) is 4. The normalized spacial score (nSPS) is 12.1. The molecule has 0 bridgehead atoms. The molecule has 0 aliphatic heterocycles. The van der Waals surface area contributed by atoms with Crippen molar-refractivity contribution in [3.05, 3.63) is 77.0 Å². The highest BCUT2D eigenvalue weighted by molar-refractivity contribution is 8.00. The summed E-state index contributed by atoms with van der Waals surface area (Å²) in [6, 6.07) is 17.0. The molecule has 2 aromatic heterocycles. The van der Waals surface area contributed by atoms with Crippen LogP contribution in [0, 0.1) is 6.92 Å². The maximum absolute atomic E-state index is 13.0. The number of para-hydroxylation sites is 2. The Hall–Kier alpha value is -3.39. The SMILES string of the molecule is Cc1c(NC(=O)[C@@H](C)Sc2ncnc3ccccc23)c(=O)n(-c2ccccc2)n1C. The van der Waals surface area contributed by atoms with Gasteiger partial charge in [-0.1, -0.05) is 48.2 Å². The highest BCUT2D eigenvalue weighted by Gasteiger charge is 2.22. The minimum atomic E-state index is -0.451. The fourth-order valence-electron chi connectivity index (χ4n) is 3.23. The number of anilines is 1. The predicted octanol–water partition coefficient (Wildman–Crippen LogP) is 3.55. The largest absolute Gasteiger partial charge is 0.319 e. The number of carbonyl (C=O) groups is 1. The maximum atomic E-state index is 13.0. The van der Waals surface area contributed by atoms with Crippen LogP contribution in [0.1, 0.15) is 12.6 Å². The van der Waals surface area contributed by atoms with Crippen molar-refractivity contribution in [3.63, 3.8) is 0 Å². The average molecular weight is 420 g/mol. The maximum Gasteiger partial charge on any atom is 0.295 e. The van der Waals surface area contributed by atoms with Crippen LogP contribution in [-0.2, 0) is 11.8 Å². The number of carbonyl (C=O) groups excluding carboxylic acids is 1. The third-order valence-corrected chi connectivity index (χ3v) is 6.08. The van der Waals surface area contributed by atoms with Gasteiger partial charge in [0.15, 0.2) is 0 Å².